The van der Waals surface area contributed by atoms with Gasteiger partial charge >= 0.3 is 0 Å². The SMILES string of the molecule is CCCC(C)SCCCCl. The molecule has 0 rings (SSSR count). The highest BCUT2D eigenvalue weighted by Crippen LogP contribution is 2.16. The third-order valence-corrected chi connectivity index (χ3v) is 2.97. The predicted molar refractivity (Wildman–Crippen MR) is 52.2 cm³/mol. The van der Waals surface area contributed by atoms with Gasteiger partial charge in [-0.25, -0.2) is 0 Å². The molecule has 0 saturated heterocycles. The van der Waals surface area contributed by atoms with Crippen molar-refractivity contribution >= 4 is 23.4 Å². The largest absolute Gasteiger partial charge is 0.159 e. The lowest BCUT2D eigenvalue weighted by Crippen LogP contribution is -1.96. The smallest absolute Gasteiger partial charge is 0.0231 e. The number of thioether (sulfide) groups is 1. The summed E-state index contributed by atoms with van der Waals surface area (Å²) in [7, 11) is 0. The Hall–Kier alpha value is 0.640. The highest BCUT2D eigenvalue weighted by molar-refractivity contribution is 7.99. The van der Waals surface area contributed by atoms with Crippen LogP contribution in [0.4, 0.5) is 0 Å². The fourth-order valence-electron chi connectivity index (χ4n) is 0.829. The molecule has 1 atom stereocenters. The van der Waals surface area contributed by atoms with Crippen molar-refractivity contribution < 1.29 is 0 Å². The monoisotopic (exact) mass is 180 g/mol. The summed E-state index contributed by atoms with van der Waals surface area (Å²) < 4.78 is 0. The van der Waals surface area contributed by atoms with Crippen LogP contribution in [0.5, 0.6) is 0 Å². The van der Waals surface area contributed by atoms with Crippen LogP contribution < -0.4 is 0 Å². The van der Waals surface area contributed by atoms with Gasteiger partial charge in [-0.3, -0.25) is 0 Å². The Kier molecular flexibility index (Phi) is 8.24. The molecule has 0 fully saturated rings. The lowest BCUT2D eigenvalue weighted by Gasteiger charge is -2.07. The standard InChI is InChI=1S/C8H17ClS/c1-3-5-8(2)10-7-4-6-9/h8H,3-7H2,1-2H3. The Morgan fingerprint density at radius 3 is 2.70 bits per heavy atom. The quantitative estimate of drug-likeness (QED) is 0.445. The van der Waals surface area contributed by atoms with E-state index in [-0.39, 0.29) is 0 Å². The molecule has 0 radical (unpaired) electrons. The van der Waals surface area contributed by atoms with Gasteiger partial charge in [-0.05, 0) is 18.6 Å². The summed E-state index contributed by atoms with van der Waals surface area (Å²) in [4.78, 5) is 0. The zero-order valence-electron chi connectivity index (χ0n) is 6.90. The number of hydrogen-bond donors (Lipinski definition) is 0. The number of rotatable bonds is 6. The first kappa shape index (κ1) is 10.6. The molecule has 0 aliphatic carbocycles. The first-order chi connectivity index (χ1) is 4.81. The molecule has 0 nitrogen and oxygen atoms in total. The van der Waals surface area contributed by atoms with Crippen molar-refractivity contribution in [1.82, 2.24) is 0 Å². The minimum Gasteiger partial charge on any atom is -0.159 e. The average molecular weight is 181 g/mol. The second-order valence-corrected chi connectivity index (χ2v) is 4.44. The van der Waals surface area contributed by atoms with Gasteiger partial charge in [-0.15, -0.1) is 11.6 Å². The summed E-state index contributed by atoms with van der Waals surface area (Å²) in [6.45, 7) is 4.53. The van der Waals surface area contributed by atoms with E-state index >= 15 is 0 Å². The van der Waals surface area contributed by atoms with Crippen molar-refractivity contribution in [3.8, 4) is 0 Å². The molecule has 0 bridgehead atoms. The Balaban J connectivity index is 2.97. The second kappa shape index (κ2) is 7.74. The summed E-state index contributed by atoms with van der Waals surface area (Å²) in [5, 5.41) is 0.827. The maximum absolute atomic E-state index is 5.55. The van der Waals surface area contributed by atoms with E-state index in [1.807, 2.05) is 11.8 Å². The van der Waals surface area contributed by atoms with Crippen LogP contribution in [0.2, 0.25) is 0 Å². The van der Waals surface area contributed by atoms with Crippen LogP contribution in [0.1, 0.15) is 33.1 Å². The summed E-state index contributed by atoms with van der Waals surface area (Å²) >= 11 is 7.59. The van der Waals surface area contributed by atoms with Gasteiger partial charge in [0.25, 0.3) is 0 Å². The maximum atomic E-state index is 5.55. The van der Waals surface area contributed by atoms with Crippen molar-refractivity contribution in [2.24, 2.45) is 0 Å². The average Bonchev–Trinajstić information content (AvgIpc) is 1.89. The number of alkyl halides is 1. The Bertz CT molecular complexity index is 66.3. The third-order valence-electron chi connectivity index (χ3n) is 1.38. The van der Waals surface area contributed by atoms with Crippen LogP contribution in [0, 0.1) is 0 Å². The Labute approximate surface area is 73.7 Å². The summed E-state index contributed by atoms with van der Waals surface area (Å²) in [6.07, 6.45) is 3.79. The molecule has 0 heterocycles. The first-order valence-corrected chi connectivity index (χ1v) is 5.57. The van der Waals surface area contributed by atoms with Crippen molar-refractivity contribution in [2.75, 3.05) is 11.6 Å². The van der Waals surface area contributed by atoms with E-state index in [2.05, 4.69) is 13.8 Å². The molecule has 0 aromatic heterocycles. The van der Waals surface area contributed by atoms with Crippen molar-refractivity contribution in [2.45, 2.75) is 38.4 Å². The molecular weight excluding hydrogens is 164 g/mol. The Morgan fingerprint density at radius 2 is 2.20 bits per heavy atom. The fourth-order valence-corrected chi connectivity index (χ4v) is 2.24. The minimum absolute atomic E-state index is 0.811. The molecule has 0 spiro atoms. The molecular formula is C8H17ClS. The first-order valence-electron chi connectivity index (χ1n) is 3.98. The lowest BCUT2D eigenvalue weighted by atomic mass is 10.3. The number of hydrogen-bond acceptors (Lipinski definition) is 1. The van der Waals surface area contributed by atoms with Crippen LogP contribution in [-0.2, 0) is 0 Å². The van der Waals surface area contributed by atoms with Crippen LogP contribution in [0.15, 0.2) is 0 Å². The Morgan fingerprint density at radius 1 is 1.50 bits per heavy atom. The van der Waals surface area contributed by atoms with Crippen molar-refractivity contribution in [3.05, 3.63) is 0 Å². The van der Waals surface area contributed by atoms with Gasteiger partial charge in [-0.2, -0.15) is 11.8 Å². The highest BCUT2D eigenvalue weighted by atomic mass is 35.5. The normalized spacial score (nSPS) is 13.5. The molecule has 2 heteroatoms. The van der Waals surface area contributed by atoms with E-state index in [0.717, 1.165) is 17.6 Å². The molecule has 0 aromatic carbocycles. The maximum Gasteiger partial charge on any atom is 0.0231 e. The topological polar surface area (TPSA) is 0 Å². The van der Waals surface area contributed by atoms with Crippen LogP contribution in [0.3, 0.4) is 0 Å². The fraction of sp³-hybridized carbons (Fsp3) is 1.00. The molecule has 0 saturated carbocycles. The molecule has 0 N–H and O–H groups in total. The lowest BCUT2D eigenvalue weighted by molar-refractivity contribution is 0.786. The summed E-state index contributed by atoms with van der Waals surface area (Å²) in [6, 6.07) is 0. The van der Waals surface area contributed by atoms with E-state index < -0.39 is 0 Å². The third kappa shape index (κ3) is 6.76. The zero-order chi connectivity index (χ0) is 7.82. The summed E-state index contributed by atoms with van der Waals surface area (Å²) in [5.74, 6) is 2.04. The van der Waals surface area contributed by atoms with Crippen molar-refractivity contribution in [3.63, 3.8) is 0 Å². The highest BCUT2D eigenvalue weighted by Gasteiger charge is 1.98. The molecule has 0 aromatic rings. The van der Waals surface area contributed by atoms with Crippen LogP contribution >= 0.6 is 23.4 Å². The molecule has 10 heavy (non-hydrogen) atoms. The van der Waals surface area contributed by atoms with E-state index in [1.54, 1.807) is 0 Å². The number of halogens is 1. The van der Waals surface area contributed by atoms with E-state index in [0.29, 0.717) is 0 Å². The van der Waals surface area contributed by atoms with Gasteiger partial charge in [0.1, 0.15) is 0 Å². The van der Waals surface area contributed by atoms with Gasteiger partial charge in [0.05, 0.1) is 0 Å². The van der Waals surface area contributed by atoms with Gasteiger partial charge in [0.15, 0.2) is 0 Å². The zero-order valence-corrected chi connectivity index (χ0v) is 8.47. The van der Waals surface area contributed by atoms with E-state index in [9.17, 15) is 0 Å². The van der Waals surface area contributed by atoms with Gasteiger partial charge < -0.3 is 0 Å². The van der Waals surface area contributed by atoms with Gasteiger partial charge in [0.2, 0.25) is 0 Å². The molecule has 0 aliphatic rings. The molecule has 0 aliphatic heterocycles. The van der Waals surface area contributed by atoms with E-state index in [1.165, 1.54) is 18.6 Å². The molecule has 1 unspecified atom stereocenters. The van der Waals surface area contributed by atoms with E-state index in [4.69, 9.17) is 11.6 Å². The summed E-state index contributed by atoms with van der Waals surface area (Å²) in [5.41, 5.74) is 0. The minimum atomic E-state index is 0.811. The van der Waals surface area contributed by atoms with Crippen LogP contribution in [0.25, 0.3) is 0 Å². The molecule has 0 amide bonds. The van der Waals surface area contributed by atoms with Crippen LogP contribution in [-0.4, -0.2) is 16.9 Å². The van der Waals surface area contributed by atoms with Crippen molar-refractivity contribution in [1.29, 1.82) is 0 Å². The molecule has 62 valence electrons. The van der Waals surface area contributed by atoms with Gasteiger partial charge in [0, 0.05) is 11.1 Å². The predicted octanol–water partition coefficient (Wildman–Crippen LogP) is 3.54. The second-order valence-electron chi connectivity index (χ2n) is 2.51. The van der Waals surface area contributed by atoms with Gasteiger partial charge in [-0.1, -0.05) is 20.3 Å².